The van der Waals surface area contributed by atoms with E-state index in [1.165, 1.54) is 0 Å². The number of piperazine rings is 1. The molecule has 1 N–H and O–H groups in total. The summed E-state index contributed by atoms with van der Waals surface area (Å²) in [7, 11) is 2.15. The van der Waals surface area contributed by atoms with Crippen molar-refractivity contribution in [2.45, 2.75) is 24.7 Å². The standard InChI is InChI=1S/C22H26ClN3O/c1-25-13-15-26(16-14-25)20-6-3-2-5-19(20)24-21(27)22(11-4-12-22)17-7-9-18(23)10-8-17/h2-3,5-10H,4,11-16H2,1H3,(H,24,27). The number of para-hydroxylation sites is 2. The van der Waals surface area contributed by atoms with Crippen LogP contribution in [0.1, 0.15) is 24.8 Å². The molecule has 0 atom stereocenters. The number of halogens is 1. The molecule has 0 bridgehead atoms. The average Bonchev–Trinajstić information content (AvgIpc) is 2.64. The zero-order valence-electron chi connectivity index (χ0n) is 15.7. The summed E-state index contributed by atoms with van der Waals surface area (Å²) in [4.78, 5) is 18.0. The van der Waals surface area contributed by atoms with Crippen molar-refractivity contribution < 1.29 is 4.79 Å². The predicted molar refractivity (Wildman–Crippen MR) is 112 cm³/mol. The molecule has 1 aliphatic heterocycles. The SMILES string of the molecule is CN1CCN(c2ccccc2NC(=O)C2(c3ccc(Cl)cc3)CCC2)CC1. The summed E-state index contributed by atoms with van der Waals surface area (Å²) in [6.45, 7) is 4.03. The Hall–Kier alpha value is -2.04. The maximum atomic E-state index is 13.3. The largest absolute Gasteiger partial charge is 0.367 e. The van der Waals surface area contributed by atoms with E-state index in [0.29, 0.717) is 5.02 Å². The van der Waals surface area contributed by atoms with Crippen molar-refractivity contribution in [3.63, 3.8) is 0 Å². The van der Waals surface area contributed by atoms with Gasteiger partial charge in [0, 0.05) is 31.2 Å². The molecule has 4 nitrogen and oxygen atoms in total. The number of anilines is 2. The Morgan fingerprint density at radius 2 is 1.67 bits per heavy atom. The van der Waals surface area contributed by atoms with E-state index in [9.17, 15) is 4.79 Å². The number of hydrogen-bond acceptors (Lipinski definition) is 3. The number of carbonyl (C=O) groups excluding carboxylic acids is 1. The van der Waals surface area contributed by atoms with Crippen LogP contribution in [0.2, 0.25) is 5.02 Å². The Balaban J connectivity index is 1.57. The molecule has 1 saturated heterocycles. The summed E-state index contributed by atoms with van der Waals surface area (Å²) in [5.74, 6) is 0.0950. The van der Waals surface area contributed by atoms with Crippen LogP contribution in [-0.2, 0) is 10.2 Å². The summed E-state index contributed by atoms with van der Waals surface area (Å²) in [6, 6.07) is 15.9. The summed E-state index contributed by atoms with van der Waals surface area (Å²) in [5, 5.41) is 3.95. The first-order valence-electron chi connectivity index (χ1n) is 9.68. The molecule has 4 rings (SSSR count). The van der Waals surface area contributed by atoms with Crippen molar-refractivity contribution in [2.75, 3.05) is 43.4 Å². The van der Waals surface area contributed by atoms with Crippen LogP contribution in [0.25, 0.3) is 0 Å². The van der Waals surface area contributed by atoms with Gasteiger partial charge in [0.2, 0.25) is 5.91 Å². The summed E-state index contributed by atoms with van der Waals surface area (Å²) in [5.41, 5.74) is 2.66. The molecule has 2 aromatic carbocycles. The highest BCUT2D eigenvalue weighted by Crippen LogP contribution is 2.45. The molecule has 1 amide bonds. The third kappa shape index (κ3) is 3.56. The van der Waals surface area contributed by atoms with Gasteiger partial charge in [-0.3, -0.25) is 4.79 Å². The first kappa shape index (κ1) is 18.3. The first-order chi connectivity index (χ1) is 13.1. The minimum absolute atomic E-state index is 0.0950. The lowest BCUT2D eigenvalue weighted by molar-refractivity contribution is -0.124. The molecule has 1 saturated carbocycles. The van der Waals surface area contributed by atoms with E-state index in [2.05, 4.69) is 28.2 Å². The van der Waals surface area contributed by atoms with Gasteiger partial charge in [0.05, 0.1) is 16.8 Å². The van der Waals surface area contributed by atoms with Gasteiger partial charge in [-0.05, 0) is 49.7 Å². The van der Waals surface area contributed by atoms with Crippen molar-refractivity contribution in [2.24, 2.45) is 0 Å². The number of nitrogens with zero attached hydrogens (tertiary/aromatic N) is 2. The molecular weight excluding hydrogens is 358 g/mol. The monoisotopic (exact) mass is 383 g/mol. The second kappa shape index (κ2) is 7.53. The third-order valence-corrected chi connectivity index (χ3v) is 6.29. The second-order valence-electron chi connectivity index (χ2n) is 7.70. The summed E-state index contributed by atoms with van der Waals surface area (Å²) >= 11 is 6.04. The number of likely N-dealkylation sites (N-methyl/N-ethyl adjacent to an activating group) is 1. The van der Waals surface area contributed by atoms with E-state index < -0.39 is 5.41 Å². The van der Waals surface area contributed by atoms with Gasteiger partial charge in [0.15, 0.2) is 0 Å². The lowest BCUT2D eigenvalue weighted by atomic mass is 9.64. The van der Waals surface area contributed by atoms with Crippen molar-refractivity contribution in [3.8, 4) is 0 Å². The molecule has 1 aliphatic carbocycles. The molecule has 0 spiro atoms. The van der Waals surface area contributed by atoms with Gasteiger partial charge in [-0.15, -0.1) is 0 Å². The van der Waals surface area contributed by atoms with E-state index in [4.69, 9.17) is 11.6 Å². The maximum absolute atomic E-state index is 13.3. The van der Waals surface area contributed by atoms with Gasteiger partial charge in [-0.1, -0.05) is 42.3 Å². The smallest absolute Gasteiger partial charge is 0.235 e. The van der Waals surface area contributed by atoms with Crippen LogP contribution in [0.3, 0.4) is 0 Å². The van der Waals surface area contributed by atoms with E-state index in [-0.39, 0.29) is 5.91 Å². The highest BCUT2D eigenvalue weighted by atomic mass is 35.5. The zero-order chi connectivity index (χ0) is 18.9. The number of hydrogen-bond donors (Lipinski definition) is 1. The van der Waals surface area contributed by atoms with Crippen molar-refractivity contribution in [3.05, 3.63) is 59.1 Å². The maximum Gasteiger partial charge on any atom is 0.235 e. The Labute approximate surface area is 166 Å². The fourth-order valence-electron chi connectivity index (χ4n) is 4.09. The number of nitrogens with one attached hydrogen (secondary N) is 1. The van der Waals surface area contributed by atoms with E-state index in [1.807, 2.05) is 42.5 Å². The lowest BCUT2D eigenvalue weighted by Gasteiger charge is -2.41. The molecule has 1 heterocycles. The van der Waals surface area contributed by atoms with Gasteiger partial charge < -0.3 is 15.1 Å². The second-order valence-corrected chi connectivity index (χ2v) is 8.14. The molecule has 0 radical (unpaired) electrons. The van der Waals surface area contributed by atoms with E-state index >= 15 is 0 Å². The number of benzene rings is 2. The van der Waals surface area contributed by atoms with Crippen molar-refractivity contribution in [1.82, 2.24) is 4.90 Å². The number of amides is 1. The zero-order valence-corrected chi connectivity index (χ0v) is 16.5. The summed E-state index contributed by atoms with van der Waals surface area (Å²) in [6.07, 6.45) is 2.85. The predicted octanol–water partition coefficient (Wildman–Crippen LogP) is 4.15. The minimum Gasteiger partial charge on any atom is -0.367 e. The van der Waals surface area contributed by atoms with Gasteiger partial charge in [0.25, 0.3) is 0 Å². The van der Waals surface area contributed by atoms with Crippen LogP contribution < -0.4 is 10.2 Å². The molecule has 0 unspecified atom stereocenters. The number of rotatable bonds is 4. The van der Waals surface area contributed by atoms with Gasteiger partial charge in [0.1, 0.15) is 0 Å². The van der Waals surface area contributed by atoms with E-state index in [1.54, 1.807) is 0 Å². The molecule has 0 aromatic heterocycles. The van der Waals surface area contributed by atoms with Gasteiger partial charge in [-0.2, -0.15) is 0 Å². The molecule has 142 valence electrons. The topological polar surface area (TPSA) is 35.6 Å². The highest BCUT2D eigenvalue weighted by Gasteiger charge is 2.45. The summed E-state index contributed by atoms with van der Waals surface area (Å²) < 4.78 is 0. The fourth-order valence-corrected chi connectivity index (χ4v) is 4.22. The van der Waals surface area contributed by atoms with Crippen LogP contribution in [0.5, 0.6) is 0 Å². The molecule has 2 aliphatic rings. The Bertz CT molecular complexity index is 809. The molecule has 27 heavy (non-hydrogen) atoms. The van der Waals surface area contributed by atoms with Crippen LogP contribution in [0.15, 0.2) is 48.5 Å². The quantitative estimate of drug-likeness (QED) is 0.861. The van der Waals surface area contributed by atoms with Gasteiger partial charge >= 0.3 is 0 Å². The van der Waals surface area contributed by atoms with Crippen LogP contribution in [0.4, 0.5) is 11.4 Å². The average molecular weight is 384 g/mol. The molecule has 2 fully saturated rings. The first-order valence-corrected chi connectivity index (χ1v) is 10.1. The van der Waals surface area contributed by atoms with Crippen molar-refractivity contribution >= 4 is 28.9 Å². The fraction of sp³-hybridized carbons (Fsp3) is 0.409. The molecular formula is C22H26ClN3O. The van der Waals surface area contributed by atoms with Crippen LogP contribution in [-0.4, -0.2) is 44.0 Å². The van der Waals surface area contributed by atoms with E-state index in [0.717, 1.165) is 62.4 Å². The van der Waals surface area contributed by atoms with Crippen LogP contribution in [0, 0.1) is 0 Å². The number of carbonyl (C=O) groups is 1. The van der Waals surface area contributed by atoms with Gasteiger partial charge in [-0.25, -0.2) is 0 Å². The normalized spacial score (nSPS) is 19.4. The Morgan fingerprint density at radius 1 is 1.00 bits per heavy atom. The third-order valence-electron chi connectivity index (χ3n) is 6.03. The Morgan fingerprint density at radius 3 is 2.30 bits per heavy atom. The van der Waals surface area contributed by atoms with Crippen LogP contribution >= 0.6 is 11.6 Å². The lowest BCUT2D eigenvalue weighted by Crippen LogP contribution is -2.47. The highest BCUT2D eigenvalue weighted by molar-refractivity contribution is 6.30. The Kier molecular flexibility index (Phi) is 5.11. The molecule has 5 heteroatoms. The minimum atomic E-state index is -0.431. The molecule has 2 aromatic rings. The van der Waals surface area contributed by atoms with Crippen molar-refractivity contribution in [1.29, 1.82) is 0 Å².